The normalized spacial score (nSPS) is 0. The summed E-state index contributed by atoms with van der Waals surface area (Å²) in [7, 11) is 0. The molecule has 0 atom stereocenters. The third-order valence-electron chi connectivity index (χ3n) is 0. The Kier molecular flexibility index (Phi) is 217. The fourth-order valence-corrected chi connectivity index (χ4v) is 0. The van der Waals surface area contributed by atoms with E-state index in [0.717, 1.165) is 0 Å². The molecule has 0 aromatic rings. The van der Waals surface area contributed by atoms with Gasteiger partial charge in [-0.3, -0.25) is 0 Å². The van der Waals surface area contributed by atoms with E-state index in [0.29, 0.717) is 0 Å². The third kappa shape index (κ3) is 18.9. The molecule has 5 heavy (non-hydrogen) atoms. The Hall–Kier alpha value is 3.29. The van der Waals surface area contributed by atoms with Crippen LogP contribution in [0, 0.1) is 0 Å². The van der Waals surface area contributed by atoms with Gasteiger partial charge in [0.15, 0.2) is 0 Å². The van der Waals surface area contributed by atoms with Crippen LogP contribution < -0.4 is 0 Å². The SMILES string of the molecule is [Al].[Al].[Nb].[Nb].[Nb]. The first-order valence-corrected chi connectivity index (χ1v) is 0. The van der Waals surface area contributed by atoms with Gasteiger partial charge in [0.05, 0.1) is 0 Å². The zero-order valence-electron chi connectivity index (χ0n) is 2.50. The summed E-state index contributed by atoms with van der Waals surface area (Å²) >= 11 is 0. The maximum atomic E-state index is 0. The van der Waals surface area contributed by atoms with Crippen molar-refractivity contribution in [1.82, 2.24) is 0 Å². The first-order valence-electron chi connectivity index (χ1n) is 0. The van der Waals surface area contributed by atoms with E-state index in [2.05, 4.69) is 0 Å². The molecule has 0 aromatic carbocycles. The van der Waals surface area contributed by atoms with E-state index in [1.807, 2.05) is 0 Å². The van der Waals surface area contributed by atoms with Gasteiger partial charge in [0.25, 0.3) is 0 Å². The van der Waals surface area contributed by atoms with E-state index in [4.69, 9.17) is 0 Å². The van der Waals surface area contributed by atoms with Crippen molar-refractivity contribution in [1.29, 1.82) is 0 Å². The van der Waals surface area contributed by atoms with Crippen LogP contribution >= 0.6 is 0 Å². The summed E-state index contributed by atoms with van der Waals surface area (Å²) in [6.07, 6.45) is 0. The summed E-state index contributed by atoms with van der Waals surface area (Å²) in [6.45, 7) is 0. The van der Waals surface area contributed by atoms with Crippen LogP contribution in [0.3, 0.4) is 0 Å². The molecule has 0 aliphatic heterocycles. The number of hydrogen-bond donors (Lipinski definition) is 0. The van der Waals surface area contributed by atoms with E-state index in [1.165, 1.54) is 0 Å². The molecule has 0 rings (SSSR count). The van der Waals surface area contributed by atoms with Crippen LogP contribution in [0.5, 0.6) is 0 Å². The summed E-state index contributed by atoms with van der Waals surface area (Å²) in [4.78, 5) is 0. The van der Waals surface area contributed by atoms with Gasteiger partial charge in [0, 0.05) is 102 Å². The summed E-state index contributed by atoms with van der Waals surface area (Å²) in [5.41, 5.74) is 0. The monoisotopic (exact) mass is 333 g/mol. The Morgan fingerprint density at radius 2 is 0.400 bits per heavy atom. The van der Waals surface area contributed by atoms with Gasteiger partial charge in [-0.15, -0.1) is 0 Å². The van der Waals surface area contributed by atoms with Gasteiger partial charge in [-0.2, -0.15) is 0 Å². The molecule has 0 aromatic heterocycles. The van der Waals surface area contributed by atoms with Crippen LogP contribution in [-0.4, -0.2) is 34.7 Å². The Morgan fingerprint density at radius 3 is 0.400 bits per heavy atom. The molecule has 21 valence electrons. The Balaban J connectivity index is 0. The molecule has 0 spiro atoms. The van der Waals surface area contributed by atoms with Crippen molar-refractivity contribution in [2.45, 2.75) is 0 Å². The van der Waals surface area contributed by atoms with Gasteiger partial charge in [-0.1, -0.05) is 0 Å². The van der Waals surface area contributed by atoms with E-state index in [1.54, 1.807) is 0 Å². The molecule has 0 aliphatic carbocycles. The standard InChI is InChI=1S/2Al.3Nb. The summed E-state index contributed by atoms with van der Waals surface area (Å²) in [6, 6.07) is 0. The molecule has 0 N–H and O–H groups in total. The van der Waals surface area contributed by atoms with Gasteiger partial charge < -0.3 is 0 Å². The smallest absolute Gasteiger partial charge is 0 e. The number of hydrogen-bond acceptors (Lipinski definition) is 0. The van der Waals surface area contributed by atoms with Crippen LogP contribution in [0.4, 0.5) is 0 Å². The molecule has 0 nitrogen and oxygen atoms in total. The molecule has 9 radical (unpaired) electrons. The minimum absolute atomic E-state index is 0. The van der Waals surface area contributed by atoms with Crippen molar-refractivity contribution in [3.8, 4) is 0 Å². The van der Waals surface area contributed by atoms with Crippen molar-refractivity contribution < 1.29 is 67.1 Å². The van der Waals surface area contributed by atoms with E-state index in [-0.39, 0.29) is 102 Å². The third-order valence-corrected chi connectivity index (χ3v) is 0. The molecule has 0 saturated carbocycles. The van der Waals surface area contributed by atoms with Gasteiger partial charge >= 0.3 is 0 Å². The minimum atomic E-state index is 0. The van der Waals surface area contributed by atoms with Crippen molar-refractivity contribution in [2.75, 3.05) is 0 Å². The molecule has 0 saturated heterocycles. The predicted molar refractivity (Wildman–Crippen MR) is 11.5 cm³/mol. The summed E-state index contributed by atoms with van der Waals surface area (Å²) < 4.78 is 0. The Bertz CT molecular complexity index is 4.85. The fraction of sp³-hybridized carbons (Fsp3) is 0. The molecular weight excluding hydrogens is 333 g/mol. The molecule has 0 unspecified atom stereocenters. The topological polar surface area (TPSA) is 0 Å². The van der Waals surface area contributed by atoms with Crippen LogP contribution in [0.15, 0.2) is 0 Å². The molecular formula is Al2Nb3. The van der Waals surface area contributed by atoms with E-state index < -0.39 is 0 Å². The number of rotatable bonds is 0. The van der Waals surface area contributed by atoms with Gasteiger partial charge in [0.2, 0.25) is 0 Å². The van der Waals surface area contributed by atoms with Crippen LogP contribution in [-0.2, 0) is 67.1 Å². The maximum absolute atomic E-state index is 0. The first kappa shape index (κ1) is 40.7. The van der Waals surface area contributed by atoms with Gasteiger partial charge in [0.1, 0.15) is 0 Å². The minimum Gasteiger partial charge on any atom is 0 e. The summed E-state index contributed by atoms with van der Waals surface area (Å²) in [5.74, 6) is 0. The second kappa shape index (κ2) is 26.7. The van der Waals surface area contributed by atoms with Gasteiger partial charge in [-0.25, -0.2) is 0 Å². The van der Waals surface area contributed by atoms with E-state index >= 15 is 0 Å². The average molecular weight is 333 g/mol. The molecule has 0 bridgehead atoms. The molecule has 0 aliphatic rings. The van der Waals surface area contributed by atoms with Crippen molar-refractivity contribution in [3.05, 3.63) is 0 Å². The largest absolute Gasteiger partial charge is 0 e. The summed E-state index contributed by atoms with van der Waals surface area (Å²) in [5, 5.41) is 0. The van der Waals surface area contributed by atoms with Gasteiger partial charge in [-0.05, 0) is 0 Å². The quantitative estimate of drug-likeness (QED) is 0.511. The second-order valence-electron chi connectivity index (χ2n) is 0. The van der Waals surface area contributed by atoms with Crippen molar-refractivity contribution in [3.63, 3.8) is 0 Å². The second-order valence-corrected chi connectivity index (χ2v) is 0. The van der Waals surface area contributed by atoms with Crippen LogP contribution in [0.2, 0.25) is 0 Å². The first-order chi connectivity index (χ1) is 0. The average Bonchev–Trinajstić information content (AvgIpc) is 0. The van der Waals surface area contributed by atoms with Crippen molar-refractivity contribution in [2.24, 2.45) is 0 Å². The molecule has 0 heterocycles. The fourth-order valence-electron chi connectivity index (χ4n) is 0. The van der Waals surface area contributed by atoms with E-state index in [9.17, 15) is 0 Å². The molecule has 5 heteroatoms. The zero-order chi connectivity index (χ0) is 0. The van der Waals surface area contributed by atoms with Crippen LogP contribution in [0.25, 0.3) is 0 Å². The van der Waals surface area contributed by atoms with Crippen molar-refractivity contribution >= 4 is 34.7 Å². The molecule has 0 fully saturated rings. The predicted octanol–water partition coefficient (Wildman–Crippen LogP) is -0.769. The Morgan fingerprint density at radius 1 is 0.400 bits per heavy atom. The van der Waals surface area contributed by atoms with Crippen LogP contribution in [0.1, 0.15) is 0 Å². The zero-order valence-corrected chi connectivity index (χ0v) is 11.4. The molecule has 0 amide bonds. The maximum Gasteiger partial charge on any atom is 0 e. The Labute approximate surface area is 100 Å².